The van der Waals surface area contributed by atoms with Gasteiger partial charge in [0.2, 0.25) is 0 Å². The summed E-state index contributed by atoms with van der Waals surface area (Å²) in [6.07, 6.45) is 13.9. The zero-order chi connectivity index (χ0) is 30.5. The van der Waals surface area contributed by atoms with Crippen LogP contribution in [-0.2, 0) is 13.0 Å². The van der Waals surface area contributed by atoms with Crippen LogP contribution in [0, 0.1) is 33.5 Å². The molecule has 2 N–H and O–H groups in total. The second kappa shape index (κ2) is 9.64. The number of allylic oxidation sites excluding steroid dienone is 4. The molecule has 2 spiro atoms. The topological polar surface area (TPSA) is 70.0 Å². The van der Waals surface area contributed by atoms with Gasteiger partial charge in [-0.05, 0) is 104 Å². The standard InChI is InChI=1S/C39H47NO4/c1-35-16-12-29(41)22-37(35)19-20-39(31(23-37)34(42)27-8-10-30(44-3)11-9-27)32(35)13-17-36(2)33(39)14-18-38(36,43)25-40-21-15-26-6-4-5-7-28(26)24-40/h4-11,19-20,23,29,32-33,41,43H,12-18,21-22,24-25H2,1-3H3/t29?,32-,33-,35-,36+,37+,38-,39-/m1/s1. The molecule has 6 aliphatic carbocycles. The van der Waals surface area contributed by atoms with Crippen molar-refractivity contribution < 1.29 is 19.7 Å². The van der Waals surface area contributed by atoms with E-state index in [9.17, 15) is 15.0 Å². The van der Waals surface area contributed by atoms with Gasteiger partial charge in [-0.2, -0.15) is 0 Å². The van der Waals surface area contributed by atoms with Crippen LogP contribution in [0.3, 0.4) is 0 Å². The van der Waals surface area contributed by atoms with E-state index in [2.05, 4.69) is 61.2 Å². The Labute approximate surface area is 262 Å². The number of nitrogens with zero attached hydrogens (tertiary/aromatic N) is 1. The lowest BCUT2D eigenvalue weighted by Crippen LogP contribution is -2.67. The van der Waals surface area contributed by atoms with Crippen molar-refractivity contribution in [1.29, 1.82) is 0 Å². The molecule has 5 heteroatoms. The van der Waals surface area contributed by atoms with Gasteiger partial charge < -0.3 is 14.9 Å². The number of rotatable bonds is 5. The maximum Gasteiger partial charge on any atom is 0.189 e. The van der Waals surface area contributed by atoms with Gasteiger partial charge in [-0.1, -0.05) is 56.3 Å². The van der Waals surface area contributed by atoms with Crippen molar-refractivity contribution in [2.45, 2.75) is 83.5 Å². The van der Waals surface area contributed by atoms with Crippen LogP contribution in [0.4, 0.5) is 0 Å². The first-order valence-corrected chi connectivity index (χ1v) is 16.9. The minimum atomic E-state index is -0.818. The molecule has 9 rings (SSSR count). The maximum absolute atomic E-state index is 14.7. The molecule has 5 nitrogen and oxygen atoms in total. The molecule has 1 heterocycles. The fourth-order valence-electron chi connectivity index (χ4n) is 11.6. The largest absolute Gasteiger partial charge is 0.497 e. The lowest BCUT2D eigenvalue weighted by atomic mass is 9.32. The van der Waals surface area contributed by atoms with E-state index in [0.29, 0.717) is 24.4 Å². The Morgan fingerprint density at radius 2 is 1.64 bits per heavy atom. The van der Waals surface area contributed by atoms with Crippen LogP contribution in [0.5, 0.6) is 5.75 Å². The fourth-order valence-corrected chi connectivity index (χ4v) is 11.6. The summed E-state index contributed by atoms with van der Waals surface area (Å²) >= 11 is 0. The molecule has 0 aromatic heterocycles. The van der Waals surface area contributed by atoms with Crippen molar-refractivity contribution in [3.63, 3.8) is 0 Å². The summed E-state index contributed by atoms with van der Waals surface area (Å²) < 4.78 is 5.40. The molecule has 3 fully saturated rings. The third-order valence-electron chi connectivity index (χ3n) is 14.0. The molecule has 1 unspecified atom stereocenters. The highest BCUT2D eigenvalue weighted by Gasteiger charge is 2.74. The van der Waals surface area contributed by atoms with E-state index in [4.69, 9.17) is 4.74 Å². The number of hydrogen-bond acceptors (Lipinski definition) is 5. The molecular formula is C39H47NO4. The van der Waals surface area contributed by atoms with Crippen LogP contribution in [0.25, 0.3) is 0 Å². The van der Waals surface area contributed by atoms with E-state index < -0.39 is 11.0 Å². The van der Waals surface area contributed by atoms with Gasteiger partial charge in [-0.15, -0.1) is 0 Å². The lowest BCUT2D eigenvalue weighted by Gasteiger charge is -2.71. The number of benzene rings is 2. The highest BCUT2D eigenvalue weighted by atomic mass is 16.5. The number of fused-ring (bicyclic) bond motifs is 2. The Kier molecular flexibility index (Phi) is 6.29. The molecule has 7 aliphatic rings. The molecule has 2 aromatic carbocycles. The van der Waals surface area contributed by atoms with Crippen molar-refractivity contribution in [3.8, 4) is 5.75 Å². The summed E-state index contributed by atoms with van der Waals surface area (Å²) in [6, 6.07) is 16.3. The van der Waals surface area contributed by atoms with Crippen molar-refractivity contribution in [3.05, 3.63) is 89.0 Å². The van der Waals surface area contributed by atoms with E-state index in [1.807, 2.05) is 24.3 Å². The number of carbonyl (C=O) groups is 1. The van der Waals surface area contributed by atoms with Crippen molar-refractivity contribution in [1.82, 2.24) is 4.90 Å². The zero-order valence-corrected chi connectivity index (χ0v) is 26.5. The smallest absolute Gasteiger partial charge is 0.189 e. The Bertz CT molecular complexity index is 1560. The van der Waals surface area contributed by atoms with Gasteiger partial charge >= 0.3 is 0 Å². The molecule has 0 saturated heterocycles. The second-order valence-electron chi connectivity index (χ2n) is 15.6. The number of aliphatic hydroxyl groups excluding tert-OH is 1. The number of β-amino-alcohol motifs (C(OH)–C–C–N with tert-alkyl or cyclic N) is 1. The molecule has 44 heavy (non-hydrogen) atoms. The Morgan fingerprint density at radius 1 is 0.932 bits per heavy atom. The summed E-state index contributed by atoms with van der Waals surface area (Å²) in [5.41, 5.74) is 2.51. The van der Waals surface area contributed by atoms with Crippen molar-refractivity contribution in [2.24, 2.45) is 33.5 Å². The predicted octanol–water partition coefficient (Wildman–Crippen LogP) is 6.53. The van der Waals surface area contributed by atoms with Gasteiger partial charge in [0.15, 0.2) is 5.78 Å². The number of Topliss-reactive ketones (excluding diaryl/α,β-unsaturated/α-hetero) is 1. The summed E-state index contributed by atoms with van der Waals surface area (Å²) in [5, 5.41) is 23.7. The zero-order valence-electron chi connectivity index (χ0n) is 26.5. The van der Waals surface area contributed by atoms with Gasteiger partial charge in [0.1, 0.15) is 5.75 Å². The van der Waals surface area contributed by atoms with Crippen LogP contribution in [-0.4, -0.2) is 52.8 Å². The Balaban J connectivity index is 1.20. The van der Waals surface area contributed by atoms with Gasteiger partial charge in [0.05, 0.1) is 18.8 Å². The second-order valence-corrected chi connectivity index (χ2v) is 15.6. The van der Waals surface area contributed by atoms with E-state index in [-0.39, 0.29) is 34.1 Å². The monoisotopic (exact) mass is 593 g/mol. The van der Waals surface area contributed by atoms with Gasteiger partial charge in [-0.25, -0.2) is 0 Å². The highest BCUT2D eigenvalue weighted by molar-refractivity contribution is 6.10. The summed E-state index contributed by atoms with van der Waals surface area (Å²) in [6.45, 7) is 7.33. The number of ketones is 1. The average Bonchev–Trinajstić information content (AvgIpc) is 3.30. The molecule has 0 amide bonds. The van der Waals surface area contributed by atoms with Crippen LogP contribution in [0.2, 0.25) is 0 Å². The van der Waals surface area contributed by atoms with Gasteiger partial charge in [-0.3, -0.25) is 9.69 Å². The van der Waals surface area contributed by atoms with Crippen LogP contribution < -0.4 is 4.74 Å². The SMILES string of the molecule is COc1ccc(C(=O)C2=C[C@@]34C=C[C@@]25[C@@H]2CC[C@@](O)(CN6CCc7ccccc7C6)[C@@]2(C)CC[C@@H]5[C@@]3(C)CCC(O)C4)cc1. The number of methoxy groups -OCH3 is 1. The first-order chi connectivity index (χ1) is 21.1. The number of ether oxygens (including phenoxy) is 1. The summed E-state index contributed by atoms with van der Waals surface area (Å²) in [7, 11) is 1.65. The molecule has 2 bridgehead atoms. The van der Waals surface area contributed by atoms with Crippen molar-refractivity contribution in [2.75, 3.05) is 20.2 Å². The molecule has 1 aliphatic heterocycles. The molecule has 8 atom stereocenters. The molecule has 232 valence electrons. The molecular weight excluding hydrogens is 546 g/mol. The number of carbonyl (C=O) groups excluding carboxylic acids is 1. The highest BCUT2D eigenvalue weighted by Crippen LogP contribution is 2.78. The van der Waals surface area contributed by atoms with Gasteiger partial charge in [0, 0.05) is 47.0 Å². The normalized spacial score (nSPS) is 42.1. The molecule has 0 radical (unpaired) electrons. The number of hydrogen-bond donors (Lipinski definition) is 2. The fraction of sp³-hybridized carbons (Fsp3) is 0.564. The quantitative estimate of drug-likeness (QED) is 0.305. The van der Waals surface area contributed by atoms with Gasteiger partial charge in [0.25, 0.3) is 0 Å². The Morgan fingerprint density at radius 3 is 2.41 bits per heavy atom. The molecule has 2 aromatic rings. The third kappa shape index (κ3) is 3.67. The van der Waals surface area contributed by atoms with Crippen molar-refractivity contribution >= 4 is 5.78 Å². The van der Waals surface area contributed by atoms with E-state index in [1.165, 1.54) is 11.1 Å². The third-order valence-corrected chi connectivity index (χ3v) is 14.0. The first-order valence-electron chi connectivity index (χ1n) is 16.9. The lowest BCUT2D eigenvalue weighted by molar-refractivity contribution is -0.176. The maximum atomic E-state index is 14.7. The number of aliphatic hydroxyl groups is 2. The minimum Gasteiger partial charge on any atom is -0.497 e. The first kappa shape index (κ1) is 28.7. The summed E-state index contributed by atoms with van der Waals surface area (Å²) in [4.78, 5) is 17.2. The van der Waals surface area contributed by atoms with Crippen LogP contribution in [0.1, 0.15) is 80.3 Å². The van der Waals surface area contributed by atoms with Crippen LogP contribution in [0.15, 0.2) is 72.3 Å². The van der Waals surface area contributed by atoms with E-state index >= 15 is 0 Å². The average molecular weight is 594 g/mol. The van der Waals surface area contributed by atoms with E-state index in [1.54, 1.807) is 7.11 Å². The van der Waals surface area contributed by atoms with Crippen LogP contribution >= 0.6 is 0 Å². The van der Waals surface area contributed by atoms with E-state index in [0.717, 1.165) is 69.4 Å². The molecule has 3 saturated carbocycles. The minimum absolute atomic E-state index is 0.0245. The Hall–Kier alpha value is -2.73. The summed E-state index contributed by atoms with van der Waals surface area (Å²) in [5.74, 6) is 1.31. The predicted molar refractivity (Wildman–Crippen MR) is 171 cm³/mol.